The van der Waals surface area contributed by atoms with Gasteiger partial charge >= 0.3 is 0 Å². The van der Waals surface area contributed by atoms with Crippen LogP contribution in [0.15, 0.2) is 35.7 Å². The van der Waals surface area contributed by atoms with Crippen molar-refractivity contribution in [1.82, 2.24) is 0 Å². The normalized spacial score (nSPS) is 16.3. The van der Waals surface area contributed by atoms with Crippen molar-refractivity contribution in [2.75, 3.05) is 4.90 Å². The largest absolute Gasteiger partial charge is 0.506 e. The van der Waals surface area contributed by atoms with Gasteiger partial charge in [0.05, 0.1) is 10.6 Å². The van der Waals surface area contributed by atoms with Crippen LogP contribution in [0.1, 0.15) is 0 Å². The Morgan fingerprint density at radius 2 is 1.93 bits per heavy atom. The maximum Gasteiger partial charge on any atom is 0.298 e. The van der Waals surface area contributed by atoms with Crippen molar-refractivity contribution >= 4 is 28.6 Å². The summed E-state index contributed by atoms with van der Waals surface area (Å²) in [5, 5.41) is 9.07. The number of hydrogen-bond donors (Lipinski definition) is 1. The third-order valence-electron chi connectivity index (χ3n) is 1.96. The van der Waals surface area contributed by atoms with Crippen LogP contribution in [-0.4, -0.2) is 16.3 Å². The lowest BCUT2D eigenvalue weighted by Gasteiger charge is -2.13. The zero-order chi connectivity index (χ0) is 11.0. The molecular formula is C10H7NO3S. The van der Waals surface area contributed by atoms with Crippen molar-refractivity contribution in [3.63, 3.8) is 0 Å². The van der Waals surface area contributed by atoms with E-state index in [0.717, 1.165) is 16.7 Å². The Bertz CT molecular complexity index is 469. The van der Waals surface area contributed by atoms with Crippen LogP contribution in [0, 0.1) is 0 Å². The summed E-state index contributed by atoms with van der Waals surface area (Å²) >= 11 is 0.772. The van der Waals surface area contributed by atoms with Crippen molar-refractivity contribution in [2.45, 2.75) is 0 Å². The van der Waals surface area contributed by atoms with Crippen molar-refractivity contribution in [2.24, 2.45) is 0 Å². The molecule has 0 radical (unpaired) electrons. The molecule has 0 unspecified atom stereocenters. The van der Waals surface area contributed by atoms with Gasteiger partial charge in [-0.25, -0.2) is 4.90 Å². The number of para-hydroxylation sites is 2. The van der Waals surface area contributed by atoms with Crippen LogP contribution in [0.25, 0.3) is 0 Å². The second kappa shape index (κ2) is 3.43. The van der Waals surface area contributed by atoms with Crippen molar-refractivity contribution in [3.05, 3.63) is 35.7 Å². The number of amides is 2. The molecule has 5 heteroatoms. The minimum atomic E-state index is -0.480. The molecule has 0 spiro atoms. The van der Waals surface area contributed by atoms with Gasteiger partial charge in [0.25, 0.3) is 11.1 Å². The minimum absolute atomic E-state index is 0.102. The molecule has 15 heavy (non-hydrogen) atoms. The predicted octanol–water partition coefficient (Wildman–Crippen LogP) is 2.11. The lowest BCUT2D eigenvalue weighted by molar-refractivity contribution is -0.113. The molecule has 1 fully saturated rings. The second-order valence-corrected chi connectivity index (χ2v) is 3.97. The van der Waals surface area contributed by atoms with Crippen LogP contribution in [0.4, 0.5) is 10.5 Å². The molecule has 0 bridgehead atoms. The summed E-state index contributed by atoms with van der Waals surface area (Å²) in [6.07, 6.45) is 0. The van der Waals surface area contributed by atoms with Crippen LogP contribution < -0.4 is 4.90 Å². The Labute approximate surface area is 90.2 Å². The van der Waals surface area contributed by atoms with Gasteiger partial charge in [0, 0.05) is 0 Å². The highest BCUT2D eigenvalue weighted by Crippen LogP contribution is 2.37. The maximum absolute atomic E-state index is 11.5. The van der Waals surface area contributed by atoms with Gasteiger partial charge in [-0.15, -0.1) is 0 Å². The zero-order valence-electron chi connectivity index (χ0n) is 7.64. The monoisotopic (exact) mass is 221 g/mol. The highest BCUT2D eigenvalue weighted by Gasteiger charge is 2.36. The number of carbonyl (C=O) groups excluding carboxylic acids is 2. The van der Waals surface area contributed by atoms with E-state index >= 15 is 0 Å². The second-order valence-electron chi connectivity index (χ2n) is 2.92. The highest BCUT2D eigenvalue weighted by atomic mass is 32.2. The molecule has 1 N–H and O–H groups in total. The zero-order valence-corrected chi connectivity index (χ0v) is 8.45. The number of hydrogen-bond acceptors (Lipinski definition) is 4. The molecule has 1 heterocycles. The SMILES string of the molecule is C=C1SC(=O)N(c2ccccc2O)C1=O. The third kappa shape index (κ3) is 1.50. The molecule has 1 aromatic rings. The van der Waals surface area contributed by atoms with Gasteiger partial charge < -0.3 is 5.11 Å². The number of anilines is 1. The van der Waals surface area contributed by atoms with E-state index in [1.165, 1.54) is 12.1 Å². The van der Waals surface area contributed by atoms with Gasteiger partial charge in [-0.3, -0.25) is 9.59 Å². The van der Waals surface area contributed by atoms with E-state index in [4.69, 9.17) is 0 Å². The molecule has 2 amide bonds. The molecular weight excluding hydrogens is 214 g/mol. The summed E-state index contributed by atoms with van der Waals surface area (Å²) in [5.74, 6) is -0.582. The average Bonchev–Trinajstić information content (AvgIpc) is 2.43. The Balaban J connectivity index is 2.48. The van der Waals surface area contributed by atoms with E-state index in [9.17, 15) is 14.7 Å². The van der Waals surface area contributed by atoms with Crippen molar-refractivity contribution in [1.29, 1.82) is 0 Å². The highest BCUT2D eigenvalue weighted by molar-refractivity contribution is 8.18. The van der Waals surface area contributed by atoms with Gasteiger partial charge in [-0.1, -0.05) is 18.7 Å². The van der Waals surface area contributed by atoms with Gasteiger partial charge in [-0.05, 0) is 23.9 Å². The summed E-state index contributed by atoms with van der Waals surface area (Å²) in [6, 6.07) is 6.18. The van der Waals surface area contributed by atoms with Gasteiger partial charge in [-0.2, -0.15) is 0 Å². The van der Waals surface area contributed by atoms with Gasteiger partial charge in [0.1, 0.15) is 5.75 Å². The van der Waals surface area contributed by atoms with Crippen molar-refractivity contribution in [3.8, 4) is 5.75 Å². The quantitative estimate of drug-likeness (QED) is 0.738. The number of phenols is 1. The van der Waals surface area contributed by atoms with Crippen LogP contribution >= 0.6 is 11.8 Å². The molecule has 1 aromatic carbocycles. The lowest BCUT2D eigenvalue weighted by atomic mass is 10.2. The van der Waals surface area contributed by atoms with Crippen LogP contribution in [0.2, 0.25) is 0 Å². The Morgan fingerprint density at radius 3 is 2.47 bits per heavy atom. The molecule has 0 aromatic heterocycles. The van der Waals surface area contributed by atoms with Crippen LogP contribution in [-0.2, 0) is 4.79 Å². The topological polar surface area (TPSA) is 57.6 Å². The first-order valence-electron chi connectivity index (χ1n) is 4.14. The number of rotatable bonds is 1. The number of nitrogens with zero attached hydrogens (tertiary/aromatic N) is 1. The number of carbonyl (C=O) groups is 2. The Kier molecular flexibility index (Phi) is 2.24. The first-order valence-corrected chi connectivity index (χ1v) is 4.96. The van der Waals surface area contributed by atoms with Crippen molar-refractivity contribution < 1.29 is 14.7 Å². The predicted molar refractivity (Wildman–Crippen MR) is 57.7 cm³/mol. The minimum Gasteiger partial charge on any atom is -0.506 e. The van der Waals surface area contributed by atoms with E-state index in [1.54, 1.807) is 12.1 Å². The molecule has 1 aliphatic heterocycles. The summed E-state index contributed by atoms with van der Waals surface area (Å²) in [4.78, 5) is 24.1. The molecule has 0 atom stereocenters. The van der Waals surface area contributed by atoms with Crippen LogP contribution in [0.3, 0.4) is 0 Å². The molecule has 0 aliphatic carbocycles. The average molecular weight is 221 g/mol. The smallest absolute Gasteiger partial charge is 0.298 e. The summed E-state index contributed by atoms with van der Waals surface area (Å²) < 4.78 is 0. The fourth-order valence-electron chi connectivity index (χ4n) is 1.26. The number of aromatic hydroxyl groups is 1. The number of imide groups is 1. The van der Waals surface area contributed by atoms with Gasteiger partial charge in [0.2, 0.25) is 0 Å². The fourth-order valence-corrected chi connectivity index (χ4v) is 1.93. The lowest BCUT2D eigenvalue weighted by Crippen LogP contribution is -2.27. The molecule has 1 aliphatic rings. The molecule has 76 valence electrons. The molecule has 2 rings (SSSR count). The number of thioether (sulfide) groups is 1. The fraction of sp³-hybridized carbons (Fsp3) is 0. The first kappa shape index (κ1) is 9.79. The van der Waals surface area contributed by atoms with E-state index in [-0.39, 0.29) is 16.3 Å². The summed E-state index contributed by atoms with van der Waals surface area (Å²) in [7, 11) is 0. The molecule has 4 nitrogen and oxygen atoms in total. The number of phenolic OH excluding ortho intramolecular Hbond substituents is 1. The first-order chi connectivity index (χ1) is 7.11. The maximum atomic E-state index is 11.5. The third-order valence-corrected chi connectivity index (χ3v) is 2.74. The summed E-state index contributed by atoms with van der Waals surface area (Å²) in [5.41, 5.74) is 0.193. The molecule has 1 saturated heterocycles. The Morgan fingerprint density at radius 1 is 1.27 bits per heavy atom. The number of benzene rings is 1. The molecule has 0 saturated carbocycles. The van der Waals surface area contributed by atoms with E-state index < -0.39 is 11.1 Å². The van der Waals surface area contributed by atoms with E-state index in [0.29, 0.717) is 0 Å². The van der Waals surface area contributed by atoms with E-state index in [1.807, 2.05) is 0 Å². The standard InChI is InChI=1S/C10H7NO3S/c1-6-9(13)11(10(14)15-6)7-4-2-3-5-8(7)12/h2-5,12H,1H2. The summed E-state index contributed by atoms with van der Waals surface area (Å²) in [6.45, 7) is 3.46. The van der Waals surface area contributed by atoms with Crippen LogP contribution in [0.5, 0.6) is 5.75 Å². The van der Waals surface area contributed by atoms with Gasteiger partial charge in [0.15, 0.2) is 0 Å². The Hall–Kier alpha value is -1.75. The van der Waals surface area contributed by atoms with E-state index in [2.05, 4.69) is 6.58 Å².